The molecule has 0 radical (unpaired) electrons. The van der Waals surface area contributed by atoms with Crippen molar-refractivity contribution < 1.29 is 14.4 Å². The predicted molar refractivity (Wildman–Crippen MR) is 89.4 cm³/mol. The summed E-state index contributed by atoms with van der Waals surface area (Å²) in [6, 6.07) is 8.72. The van der Waals surface area contributed by atoms with Crippen molar-refractivity contribution in [1.29, 1.82) is 0 Å². The van der Waals surface area contributed by atoms with Crippen molar-refractivity contribution in [3.05, 3.63) is 52.2 Å². The van der Waals surface area contributed by atoms with Gasteiger partial charge in [-0.15, -0.1) is 0 Å². The lowest BCUT2D eigenvalue weighted by Gasteiger charge is -2.13. The molecule has 0 spiro atoms. The monoisotopic (exact) mass is 328 g/mol. The number of pyridine rings is 1. The van der Waals surface area contributed by atoms with Crippen LogP contribution >= 0.6 is 0 Å². The van der Waals surface area contributed by atoms with E-state index in [9.17, 15) is 10.1 Å². The maximum atomic E-state index is 11.5. The van der Waals surface area contributed by atoms with Crippen LogP contribution in [0.2, 0.25) is 0 Å². The Hall–Kier alpha value is -3.29. The van der Waals surface area contributed by atoms with E-state index in [0.29, 0.717) is 22.8 Å². The zero-order valence-corrected chi connectivity index (χ0v) is 13.4. The summed E-state index contributed by atoms with van der Waals surface area (Å²) in [6.07, 6.45) is 1.60. The number of benzene rings is 1. The van der Waals surface area contributed by atoms with Crippen LogP contribution in [0.3, 0.4) is 0 Å². The molecule has 124 valence electrons. The van der Waals surface area contributed by atoms with Crippen LogP contribution in [0, 0.1) is 17.0 Å². The molecule has 24 heavy (non-hydrogen) atoms. The third-order valence-electron chi connectivity index (χ3n) is 3.66. The van der Waals surface area contributed by atoms with Crippen molar-refractivity contribution in [1.82, 2.24) is 9.38 Å². The third kappa shape index (κ3) is 2.58. The van der Waals surface area contributed by atoms with E-state index in [1.165, 1.54) is 11.5 Å². The Kier molecular flexibility index (Phi) is 3.95. The Morgan fingerprint density at radius 1 is 1.21 bits per heavy atom. The molecule has 0 unspecified atom stereocenters. The molecule has 1 N–H and O–H groups in total. The van der Waals surface area contributed by atoms with Gasteiger partial charge in [-0.1, -0.05) is 6.07 Å². The second-order valence-corrected chi connectivity index (χ2v) is 5.12. The highest BCUT2D eigenvalue weighted by Crippen LogP contribution is 2.36. The van der Waals surface area contributed by atoms with E-state index in [0.717, 1.165) is 5.56 Å². The fourth-order valence-electron chi connectivity index (χ4n) is 2.48. The van der Waals surface area contributed by atoms with Gasteiger partial charge in [-0.2, -0.15) is 9.38 Å². The number of nitrogens with one attached hydrogen (secondary N) is 1. The van der Waals surface area contributed by atoms with E-state index in [2.05, 4.69) is 10.3 Å². The van der Waals surface area contributed by atoms with Gasteiger partial charge in [0.15, 0.2) is 11.5 Å². The SMILES string of the molecule is COc1cc(C)c(Nc2nc3ccccn3c2[N+](=O)[O-])cc1OC. The van der Waals surface area contributed by atoms with Crippen molar-refractivity contribution in [2.75, 3.05) is 19.5 Å². The molecular formula is C16H16N4O4. The highest BCUT2D eigenvalue weighted by molar-refractivity contribution is 5.72. The predicted octanol–water partition coefficient (Wildman–Crippen LogP) is 3.31. The molecule has 0 aliphatic carbocycles. The lowest BCUT2D eigenvalue weighted by molar-refractivity contribution is -0.389. The van der Waals surface area contributed by atoms with Gasteiger partial charge in [0.1, 0.15) is 0 Å². The number of imidazole rings is 1. The van der Waals surface area contributed by atoms with Crippen molar-refractivity contribution in [2.24, 2.45) is 0 Å². The molecule has 8 nitrogen and oxygen atoms in total. The van der Waals surface area contributed by atoms with Gasteiger partial charge >= 0.3 is 5.82 Å². The van der Waals surface area contributed by atoms with Crippen LogP contribution in [-0.2, 0) is 0 Å². The summed E-state index contributed by atoms with van der Waals surface area (Å²) in [5.74, 6) is 1.16. The first-order valence-corrected chi connectivity index (χ1v) is 7.16. The minimum absolute atomic E-state index is 0.125. The number of aryl methyl sites for hydroxylation is 1. The van der Waals surface area contributed by atoms with E-state index in [1.807, 2.05) is 6.92 Å². The highest BCUT2D eigenvalue weighted by atomic mass is 16.6. The Morgan fingerprint density at radius 2 is 1.92 bits per heavy atom. The van der Waals surface area contributed by atoms with Gasteiger partial charge < -0.3 is 24.9 Å². The van der Waals surface area contributed by atoms with Crippen LogP contribution in [0.25, 0.3) is 5.65 Å². The average molecular weight is 328 g/mol. The molecule has 0 saturated carbocycles. The zero-order chi connectivity index (χ0) is 17.3. The maximum absolute atomic E-state index is 11.5. The molecule has 1 aromatic carbocycles. The molecule has 0 aliphatic rings. The first-order valence-electron chi connectivity index (χ1n) is 7.16. The topological polar surface area (TPSA) is 90.9 Å². The molecule has 3 aromatic rings. The zero-order valence-electron chi connectivity index (χ0n) is 13.4. The van der Waals surface area contributed by atoms with Crippen molar-refractivity contribution in [2.45, 2.75) is 6.92 Å². The summed E-state index contributed by atoms with van der Waals surface area (Å²) >= 11 is 0. The first kappa shape index (κ1) is 15.6. The Balaban J connectivity index is 2.10. The minimum atomic E-state index is -0.460. The van der Waals surface area contributed by atoms with Gasteiger partial charge in [0.2, 0.25) is 11.5 Å². The summed E-state index contributed by atoms with van der Waals surface area (Å²) in [4.78, 5) is 15.3. The molecule has 0 saturated heterocycles. The molecule has 0 aliphatic heterocycles. The standard InChI is InChI=1S/C16H16N4O4/c1-10-8-12(23-2)13(24-3)9-11(10)17-15-16(20(21)22)19-7-5-4-6-14(19)18-15/h4-9,17H,1-3H3. The number of nitrogens with zero attached hydrogens (tertiary/aromatic N) is 3. The van der Waals surface area contributed by atoms with Crippen molar-refractivity contribution in [3.8, 4) is 11.5 Å². The van der Waals surface area contributed by atoms with E-state index in [-0.39, 0.29) is 11.6 Å². The van der Waals surface area contributed by atoms with Crippen LogP contribution in [0.5, 0.6) is 11.5 Å². The number of anilines is 2. The van der Waals surface area contributed by atoms with Gasteiger partial charge in [-0.3, -0.25) is 0 Å². The van der Waals surface area contributed by atoms with E-state index >= 15 is 0 Å². The summed E-state index contributed by atoms with van der Waals surface area (Å²) < 4.78 is 12.0. The number of fused-ring (bicyclic) bond motifs is 1. The Morgan fingerprint density at radius 3 is 2.58 bits per heavy atom. The second kappa shape index (κ2) is 6.07. The summed E-state index contributed by atoms with van der Waals surface area (Å²) in [7, 11) is 3.09. The molecular weight excluding hydrogens is 312 g/mol. The quantitative estimate of drug-likeness (QED) is 0.571. The number of nitro groups is 1. The lowest BCUT2D eigenvalue weighted by atomic mass is 10.1. The third-order valence-corrected chi connectivity index (χ3v) is 3.66. The van der Waals surface area contributed by atoms with E-state index in [4.69, 9.17) is 9.47 Å². The second-order valence-electron chi connectivity index (χ2n) is 5.12. The lowest BCUT2D eigenvalue weighted by Crippen LogP contribution is -2.01. The van der Waals surface area contributed by atoms with Crippen LogP contribution in [0.15, 0.2) is 36.5 Å². The van der Waals surface area contributed by atoms with Crippen LogP contribution < -0.4 is 14.8 Å². The number of rotatable bonds is 5. The summed E-state index contributed by atoms with van der Waals surface area (Å²) in [5, 5.41) is 14.5. The van der Waals surface area contributed by atoms with Crippen molar-refractivity contribution >= 4 is 23.0 Å². The molecule has 2 heterocycles. The molecule has 0 fully saturated rings. The van der Waals surface area contributed by atoms with Gasteiger partial charge in [-0.05, 0) is 29.5 Å². The largest absolute Gasteiger partial charge is 0.493 e. The molecule has 0 atom stereocenters. The first-order chi connectivity index (χ1) is 11.5. The Labute approximate surface area is 137 Å². The minimum Gasteiger partial charge on any atom is -0.493 e. The number of ether oxygens (including phenoxy) is 2. The number of hydrogen-bond acceptors (Lipinski definition) is 6. The van der Waals surface area contributed by atoms with Gasteiger partial charge in [-0.25, -0.2) is 0 Å². The van der Waals surface area contributed by atoms with Crippen LogP contribution in [0.1, 0.15) is 5.56 Å². The molecule has 0 bridgehead atoms. The highest BCUT2D eigenvalue weighted by Gasteiger charge is 2.23. The van der Waals surface area contributed by atoms with E-state index in [1.54, 1.807) is 43.6 Å². The molecule has 8 heteroatoms. The van der Waals surface area contributed by atoms with Gasteiger partial charge in [0, 0.05) is 17.8 Å². The maximum Gasteiger partial charge on any atom is 0.372 e. The van der Waals surface area contributed by atoms with Crippen LogP contribution in [0.4, 0.5) is 17.3 Å². The molecule has 3 rings (SSSR count). The molecule has 2 aromatic heterocycles. The number of hydrogen-bond donors (Lipinski definition) is 1. The van der Waals surface area contributed by atoms with Gasteiger partial charge in [0.25, 0.3) is 0 Å². The van der Waals surface area contributed by atoms with Gasteiger partial charge in [0.05, 0.1) is 20.4 Å². The fraction of sp³-hybridized carbons (Fsp3) is 0.188. The summed E-state index contributed by atoms with van der Waals surface area (Å²) in [5.41, 5.74) is 1.99. The summed E-state index contributed by atoms with van der Waals surface area (Å²) in [6.45, 7) is 1.87. The normalized spacial score (nSPS) is 10.6. The number of aromatic nitrogens is 2. The average Bonchev–Trinajstić information content (AvgIpc) is 2.94. The fourth-order valence-corrected chi connectivity index (χ4v) is 2.48. The van der Waals surface area contributed by atoms with Crippen molar-refractivity contribution in [3.63, 3.8) is 0 Å². The smallest absolute Gasteiger partial charge is 0.372 e. The van der Waals surface area contributed by atoms with E-state index < -0.39 is 4.92 Å². The number of methoxy groups -OCH3 is 2. The molecule has 0 amide bonds. The van der Waals surface area contributed by atoms with Crippen LogP contribution in [-0.4, -0.2) is 28.5 Å². The Bertz CT molecular complexity index is 920.